The largest absolute Gasteiger partial charge is 0.462 e. The minimum Gasteiger partial charge on any atom is -0.462 e. The first-order valence-electron chi connectivity index (χ1n) is 9.88. The van der Waals surface area contributed by atoms with E-state index in [-0.39, 0.29) is 24.8 Å². The van der Waals surface area contributed by atoms with Crippen LogP contribution >= 0.6 is 34.0 Å². The summed E-state index contributed by atoms with van der Waals surface area (Å²) in [4.78, 5) is 42.4. The molecule has 0 saturated heterocycles. The summed E-state index contributed by atoms with van der Waals surface area (Å²) >= 11 is 4.15. The highest BCUT2D eigenvalue weighted by atomic mass is 32.1. The first kappa shape index (κ1) is 21.7. The maximum Gasteiger partial charge on any atom is 0.341 e. The molecule has 4 rings (SSSR count). The number of nitrogens with zero attached hydrogens (tertiary/aromatic N) is 1. The van der Waals surface area contributed by atoms with Crippen LogP contribution in [0.25, 0.3) is 0 Å². The van der Waals surface area contributed by atoms with Gasteiger partial charge in [-0.25, -0.2) is 9.78 Å². The van der Waals surface area contributed by atoms with Crippen LogP contribution < -0.4 is 10.6 Å². The van der Waals surface area contributed by atoms with Crippen molar-refractivity contribution in [3.8, 4) is 0 Å². The van der Waals surface area contributed by atoms with Gasteiger partial charge in [0.15, 0.2) is 5.13 Å². The smallest absolute Gasteiger partial charge is 0.341 e. The number of ether oxygens (including phenoxy) is 1. The molecular formula is C21H21N3O4S3. The van der Waals surface area contributed by atoms with Gasteiger partial charge in [0.05, 0.1) is 30.7 Å². The zero-order valence-corrected chi connectivity index (χ0v) is 19.3. The Morgan fingerprint density at radius 3 is 2.61 bits per heavy atom. The minimum atomic E-state index is -0.398. The van der Waals surface area contributed by atoms with Crippen LogP contribution in [0.1, 0.15) is 52.2 Å². The van der Waals surface area contributed by atoms with Crippen LogP contribution in [-0.2, 0) is 27.2 Å². The first-order valence-corrected chi connectivity index (χ1v) is 12.5. The molecule has 7 nitrogen and oxygen atoms in total. The third-order valence-corrected chi connectivity index (χ3v) is 7.22. The van der Waals surface area contributed by atoms with Crippen molar-refractivity contribution in [2.24, 2.45) is 0 Å². The molecule has 0 bridgehead atoms. The number of esters is 1. The van der Waals surface area contributed by atoms with Gasteiger partial charge < -0.3 is 15.4 Å². The molecular weight excluding hydrogens is 454 g/mol. The number of carbonyl (C=O) groups excluding carboxylic acids is 3. The Morgan fingerprint density at radius 2 is 1.90 bits per heavy atom. The van der Waals surface area contributed by atoms with Crippen LogP contribution in [0.4, 0.5) is 10.1 Å². The van der Waals surface area contributed by atoms with Gasteiger partial charge in [-0.3, -0.25) is 9.59 Å². The summed E-state index contributed by atoms with van der Waals surface area (Å²) < 4.78 is 5.19. The van der Waals surface area contributed by atoms with Crippen molar-refractivity contribution in [2.75, 3.05) is 17.2 Å². The van der Waals surface area contributed by atoms with Crippen LogP contribution in [-0.4, -0.2) is 29.4 Å². The third-order valence-electron chi connectivity index (χ3n) is 4.62. The minimum absolute atomic E-state index is 0.0518. The average Bonchev–Trinajstić information content (AvgIpc) is 3.09. The van der Waals surface area contributed by atoms with Crippen molar-refractivity contribution < 1.29 is 19.1 Å². The molecule has 0 aliphatic heterocycles. The molecule has 1 fully saturated rings. The summed E-state index contributed by atoms with van der Waals surface area (Å²) in [5.74, 6) is -0.430. The predicted molar refractivity (Wildman–Crippen MR) is 123 cm³/mol. The van der Waals surface area contributed by atoms with E-state index in [0.717, 1.165) is 23.3 Å². The number of anilines is 2. The van der Waals surface area contributed by atoms with E-state index >= 15 is 0 Å². The lowest BCUT2D eigenvalue weighted by Gasteiger charge is -2.07. The van der Waals surface area contributed by atoms with E-state index in [1.54, 1.807) is 12.3 Å². The molecule has 0 unspecified atom stereocenters. The summed E-state index contributed by atoms with van der Waals surface area (Å²) in [6.45, 7) is 2.05. The van der Waals surface area contributed by atoms with E-state index in [0.29, 0.717) is 33.7 Å². The molecule has 0 spiro atoms. The topological polar surface area (TPSA) is 97.4 Å². The summed E-state index contributed by atoms with van der Waals surface area (Å²) in [5, 5.41) is 12.2. The Morgan fingerprint density at radius 1 is 1.10 bits per heavy atom. The highest BCUT2D eigenvalue weighted by Gasteiger charge is 2.32. The molecule has 0 aromatic carbocycles. The Kier molecular flexibility index (Phi) is 6.79. The molecule has 2 N–H and O–H groups in total. The van der Waals surface area contributed by atoms with E-state index < -0.39 is 5.97 Å². The van der Waals surface area contributed by atoms with Crippen molar-refractivity contribution in [1.29, 1.82) is 0 Å². The number of hydrogen-bond acceptors (Lipinski definition) is 8. The van der Waals surface area contributed by atoms with Crippen LogP contribution in [0.15, 0.2) is 28.3 Å². The van der Waals surface area contributed by atoms with Gasteiger partial charge in [0, 0.05) is 10.3 Å². The summed E-state index contributed by atoms with van der Waals surface area (Å²) in [6, 6.07) is 3.81. The van der Waals surface area contributed by atoms with Crippen LogP contribution in [0, 0.1) is 0 Å². The molecule has 3 heterocycles. The maximum atomic E-state index is 12.6. The molecule has 0 radical (unpaired) electrons. The molecule has 1 aliphatic carbocycles. The van der Waals surface area contributed by atoms with E-state index in [2.05, 4.69) is 15.6 Å². The molecule has 3 aromatic heterocycles. The zero-order chi connectivity index (χ0) is 21.8. The van der Waals surface area contributed by atoms with Gasteiger partial charge in [-0.1, -0.05) is 6.07 Å². The van der Waals surface area contributed by atoms with Crippen molar-refractivity contribution in [1.82, 2.24) is 4.98 Å². The monoisotopic (exact) mass is 475 g/mol. The maximum absolute atomic E-state index is 12.6. The SMILES string of the molecule is CCOC(=O)c1c(C2CC2)csc1NC(=O)Cc1csc(NC(=O)Cc2cccs2)n1. The van der Waals surface area contributed by atoms with Crippen molar-refractivity contribution in [3.63, 3.8) is 0 Å². The van der Waals surface area contributed by atoms with Gasteiger partial charge in [-0.2, -0.15) is 0 Å². The van der Waals surface area contributed by atoms with Gasteiger partial charge in [-0.05, 0) is 48.1 Å². The number of nitrogens with one attached hydrogen (secondary N) is 2. The Bertz CT molecular complexity index is 1080. The molecule has 10 heteroatoms. The quantitative estimate of drug-likeness (QED) is 0.438. The summed E-state index contributed by atoms with van der Waals surface area (Å²) in [6.07, 6.45) is 2.45. The highest BCUT2D eigenvalue weighted by molar-refractivity contribution is 7.15. The normalized spacial score (nSPS) is 13.1. The van der Waals surface area contributed by atoms with E-state index in [1.807, 2.05) is 22.9 Å². The van der Waals surface area contributed by atoms with Crippen molar-refractivity contribution in [3.05, 3.63) is 50.0 Å². The van der Waals surface area contributed by atoms with Crippen LogP contribution in [0.5, 0.6) is 0 Å². The molecule has 1 saturated carbocycles. The second-order valence-electron chi connectivity index (χ2n) is 7.06. The lowest BCUT2D eigenvalue weighted by atomic mass is 10.1. The molecule has 31 heavy (non-hydrogen) atoms. The molecule has 2 amide bonds. The van der Waals surface area contributed by atoms with Crippen molar-refractivity contribution in [2.45, 2.75) is 38.5 Å². The molecule has 3 aromatic rings. The Hall–Kier alpha value is -2.56. The molecule has 0 atom stereocenters. The number of amides is 2. The van der Waals surface area contributed by atoms with Gasteiger partial charge in [-0.15, -0.1) is 34.0 Å². The zero-order valence-electron chi connectivity index (χ0n) is 16.8. The Balaban J connectivity index is 1.36. The second kappa shape index (κ2) is 9.71. The fourth-order valence-corrected chi connectivity index (χ4v) is 5.56. The standard InChI is InChI=1S/C21H21N3O4S3/c1-2-28-20(27)18-15(12-5-6-12)11-30-19(18)23-16(25)8-13-10-31-21(22-13)24-17(26)9-14-4-3-7-29-14/h3-4,7,10-12H,2,5-6,8-9H2,1H3,(H,23,25)(H,22,24,26). The lowest BCUT2D eigenvalue weighted by Crippen LogP contribution is -2.17. The number of rotatable bonds is 9. The third kappa shape index (κ3) is 5.57. The van der Waals surface area contributed by atoms with E-state index in [9.17, 15) is 14.4 Å². The number of hydrogen-bond donors (Lipinski definition) is 2. The molecule has 162 valence electrons. The fourth-order valence-electron chi connectivity index (χ4n) is 3.09. The van der Waals surface area contributed by atoms with Gasteiger partial charge in [0.1, 0.15) is 5.00 Å². The highest BCUT2D eigenvalue weighted by Crippen LogP contribution is 2.46. The predicted octanol–water partition coefficient (Wildman–Crippen LogP) is 4.68. The number of thiazole rings is 1. The lowest BCUT2D eigenvalue weighted by molar-refractivity contribution is -0.116. The summed E-state index contributed by atoms with van der Waals surface area (Å²) in [7, 11) is 0. The van der Waals surface area contributed by atoms with Gasteiger partial charge in [0.2, 0.25) is 11.8 Å². The number of aromatic nitrogens is 1. The average molecular weight is 476 g/mol. The fraction of sp³-hybridized carbons (Fsp3) is 0.333. The Labute approximate surface area is 191 Å². The number of thiophene rings is 2. The first-order chi connectivity index (χ1) is 15.0. The number of carbonyl (C=O) groups is 3. The van der Waals surface area contributed by atoms with Crippen LogP contribution in [0.2, 0.25) is 0 Å². The molecule has 1 aliphatic rings. The van der Waals surface area contributed by atoms with Crippen LogP contribution in [0.3, 0.4) is 0 Å². The second-order valence-corrected chi connectivity index (χ2v) is 9.83. The van der Waals surface area contributed by atoms with Gasteiger partial charge >= 0.3 is 5.97 Å². The van der Waals surface area contributed by atoms with E-state index in [4.69, 9.17) is 4.74 Å². The summed E-state index contributed by atoms with van der Waals surface area (Å²) in [5.41, 5.74) is 2.00. The van der Waals surface area contributed by atoms with Crippen molar-refractivity contribution >= 4 is 61.9 Å². The van der Waals surface area contributed by atoms with Gasteiger partial charge in [0.25, 0.3) is 0 Å². The van der Waals surface area contributed by atoms with E-state index in [1.165, 1.54) is 34.0 Å².